The zero-order valence-electron chi connectivity index (χ0n) is 17.3. The molecular weight excluding hydrogens is 455 g/mol. The van der Waals surface area contributed by atoms with E-state index in [1.165, 1.54) is 19.1 Å². The van der Waals surface area contributed by atoms with Crippen LogP contribution in [-0.4, -0.2) is 31.7 Å². The highest BCUT2D eigenvalue weighted by Crippen LogP contribution is 2.36. The average Bonchev–Trinajstić information content (AvgIpc) is 3.37. The summed E-state index contributed by atoms with van der Waals surface area (Å²) in [6.07, 6.45) is -4.90. The molecule has 0 atom stereocenters. The molecule has 3 heterocycles. The number of hydrogen-bond acceptors (Lipinski definition) is 7. The van der Waals surface area contributed by atoms with E-state index in [1.807, 2.05) is 0 Å². The van der Waals surface area contributed by atoms with Gasteiger partial charge in [0.15, 0.2) is 17.1 Å². The molecule has 0 spiro atoms. The Bertz CT molecular complexity index is 1480. The predicted octanol–water partition coefficient (Wildman–Crippen LogP) is 3.02. The summed E-state index contributed by atoms with van der Waals surface area (Å²) in [4.78, 5) is 28.9. The first-order valence-electron chi connectivity index (χ1n) is 9.59. The monoisotopic (exact) mass is 469 g/mol. The lowest BCUT2D eigenvalue weighted by molar-refractivity contribution is -0.140. The van der Waals surface area contributed by atoms with Crippen molar-refractivity contribution in [1.82, 2.24) is 19.9 Å². The summed E-state index contributed by atoms with van der Waals surface area (Å²) >= 11 is 0. The number of halogens is 3. The molecule has 34 heavy (non-hydrogen) atoms. The second kappa shape index (κ2) is 8.32. The molecule has 0 fully saturated rings. The van der Waals surface area contributed by atoms with Gasteiger partial charge in [0.2, 0.25) is 5.91 Å². The molecule has 0 saturated carbocycles. The van der Waals surface area contributed by atoms with Gasteiger partial charge in [-0.15, -0.1) is 0 Å². The lowest BCUT2D eigenvalue weighted by atomic mass is 10.1. The van der Waals surface area contributed by atoms with Crippen molar-refractivity contribution in [3.8, 4) is 6.07 Å². The van der Waals surface area contributed by atoms with Gasteiger partial charge < -0.3 is 15.6 Å². The maximum absolute atomic E-state index is 13.7. The first kappa shape index (κ1) is 22.5. The van der Waals surface area contributed by atoms with Crippen molar-refractivity contribution >= 4 is 28.4 Å². The second-order valence-electron chi connectivity index (χ2n) is 7.15. The molecule has 0 unspecified atom stereocenters. The summed E-state index contributed by atoms with van der Waals surface area (Å²) in [6, 6.07) is 10.5. The molecule has 10 nitrogen and oxygen atoms in total. The number of pyridine rings is 1. The maximum atomic E-state index is 13.7. The van der Waals surface area contributed by atoms with Crippen LogP contribution in [-0.2, 0) is 12.7 Å². The molecule has 3 aromatic heterocycles. The van der Waals surface area contributed by atoms with Crippen molar-refractivity contribution in [2.24, 2.45) is 5.73 Å². The molecule has 0 aliphatic heterocycles. The van der Waals surface area contributed by atoms with Crippen molar-refractivity contribution in [1.29, 1.82) is 5.26 Å². The Balaban J connectivity index is 1.73. The summed E-state index contributed by atoms with van der Waals surface area (Å²) in [6.45, 7) is 1.06. The summed E-state index contributed by atoms with van der Waals surface area (Å²) in [5.74, 6) is -1.72. The lowest BCUT2D eigenvalue weighted by Gasteiger charge is -2.10. The summed E-state index contributed by atoms with van der Waals surface area (Å²) in [5, 5.41) is 18.4. The van der Waals surface area contributed by atoms with E-state index in [4.69, 9.17) is 15.5 Å². The first-order chi connectivity index (χ1) is 16.1. The van der Waals surface area contributed by atoms with E-state index >= 15 is 0 Å². The number of rotatable bonds is 5. The van der Waals surface area contributed by atoms with Gasteiger partial charge in [0.25, 0.3) is 5.91 Å². The first-order valence-corrected chi connectivity index (χ1v) is 9.59. The fourth-order valence-electron chi connectivity index (χ4n) is 3.31. The number of nitrogens with one attached hydrogen (secondary N) is 1. The number of anilines is 1. The molecule has 0 aliphatic carbocycles. The van der Waals surface area contributed by atoms with E-state index < -0.39 is 29.4 Å². The Labute approximate surface area is 188 Å². The molecule has 2 amide bonds. The van der Waals surface area contributed by atoms with Gasteiger partial charge >= 0.3 is 6.18 Å². The molecular formula is C21H14F3N7O3. The molecule has 0 saturated heterocycles. The van der Waals surface area contributed by atoms with E-state index in [9.17, 15) is 22.8 Å². The molecule has 0 bridgehead atoms. The minimum atomic E-state index is -4.90. The van der Waals surface area contributed by atoms with Gasteiger partial charge in [0.05, 0.1) is 22.5 Å². The summed E-state index contributed by atoms with van der Waals surface area (Å²) in [5.41, 5.74) is 3.36. The fraction of sp³-hybridized carbons (Fsp3) is 0.143. The van der Waals surface area contributed by atoms with Crippen LogP contribution < -0.4 is 11.1 Å². The Kier molecular flexibility index (Phi) is 5.50. The third-order valence-corrected chi connectivity index (χ3v) is 4.91. The Hall–Kier alpha value is -4.73. The highest BCUT2D eigenvalue weighted by atomic mass is 19.4. The van der Waals surface area contributed by atoms with Crippen LogP contribution in [0.4, 0.5) is 18.9 Å². The minimum absolute atomic E-state index is 0.00201. The minimum Gasteiger partial charge on any atom is -0.366 e. The third-order valence-electron chi connectivity index (χ3n) is 4.91. The van der Waals surface area contributed by atoms with Crippen LogP contribution in [0.3, 0.4) is 0 Å². The van der Waals surface area contributed by atoms with E-state index in [0.717, 1.165) is 10.7 Å². The number of benzene rings is 1. The number of alkyl halides is 3. The second-order valence-corrected chi connectivity index (χ2v) is 7.15. The van der Waals surface area contributed by atoms with Crippen molar-refractivity contribution in [3.63, 3.8) is 0 Å². The van der Waals surface area contributed by atoms with Gasteiger partial charge in [-0.05, 0) is 19.1 Å². The zero-order valence-corrected chi connectivity index (χ0v) is 17.3. The molecule has 1 aromatic carbocycles. The van der Waals surface area contributed by atoms with Gasteiger partial charge in [0.1, 0.15) is 18.3 Å². The van der Waals surface area contributed by atoms with Crippen LogP contribution in [0.2, 0.25) is 0 Å². The molecule has 0 aliphatic rings. The van der Waals surface area contributed by atoms with Gasteiger partial charge in [-0.1, -0.05) is 23.4 Å². The highest BCUT2D eigenvalue weighted by molar-refractivity contribution is 6.10. The van der Waals surface area contributed by atoms with Gasteiger partial charge in [0, 0.05) is 11.5 Å². The van der Waals surface area contributed by atoms with Crippen molar-refractivity contribution in [3.05, 3.63) is 70.5 Å². The molecule has 0 radical (unpaired) electrons. The standard InChI is InChI=1S/C21H14F3N7O3/c1-10-17(18(21(22,23)24)29-31(10)9-12-6-11(8-25)30-34-12)28-20(33)16-7-14(19(26)32)13-4-2-3-5-15(13)27-16/h2-7H,9H2,1H3,(H2,26,32)(H,28,33). The Morgan fingerprint density at radius 3 is 2.65 bits per heavy atom. The van der Waals surface area contributed by atoms with Crippen LogP contribution in [0, 0.1) is 18.3 Å². The number of nitriles is 1. The molecule has 3 N–H and O–H groups in total. The largest absolute Gasteiger partial charge is 0.437 e. The zero-order chi connectivity index (χ0) is 24.6. The fourth-order valence-corrected chi connectivity index (χ4v) is 3.31. The van der Waals surface area contributed by atoms with Crippen LogP contribution in [0.25, 0.3) is 10.9 Å². The number of para-hydroxylation sites is 1. The Morgan fingerprint density at radius 1 is 1.26 bits per heavy atom. The van der Waals surface area contributed by atoms with Crippen molar-refractivity contribution in [2.45, 2.75) is 19.6 Å². The van der Waals surface area contributed by atoms with Crippen LogP contribution in [0.5, 0.6) is 0 Å². The highest BCUT2D eigenvalue weighted by Gasteiger charge is 2.39. The van der Waals surface area contributed by atoms with E-state index in [-0.39, 0.29) is 40.5 Å². The summed E-state index contributed by atoms with van der Waals surface area (Å²) in [7, 11) is 0. The van der Waals surface area contributed by atoms with Gasteiger partial charge in [-0.3, -0.25) is 14.3 Å². The van der Waals surface area contributed by atoms with Crippen molar-refractivity contribution < 1.29 is 27.3 Å². The molecule has 4 aromatic rings. The van der Waals surface area contributed by atoms with E-state index in [2.05, 4.69) is 20.6 Å². The number of primary amides is 1. The number of hydrogen-bond donors (Lipinski definition) is 2. The molecule has 13 heteroatoms. The number of carbonyl (C=O) groups excluding carboxylic acids is 2. The SMILES string of the molecule is Cc1c(NC(=O)c2cc(C(N)=O)c3ccccc3n2)c(C(F)(F)F)nn1Cc1cc(C#N)no1. The topological polar surface area (TPSA) is 153 Å². The number of amides is 2. The van der Waals surface area contributed by atoms with Gasteiger partial charge in [-0.25, -0.2) is 4.98 Å². The molecule has 172 valence electrons. The average molecular weight is 469 g/mol. The maximum Gasteiger partial charge on any atom is 0.437 e. The number of aromatic nitrogens is 4. The van der Waals surface area contributed by atoms with E-state index in [1.54, 1.807) is 24.3 Å². The number of carbonyl (C=O) groups is 2. The van der Waals surface area contributed by atoms with Crippen LogP contribution in [0.15, 0.2) is 40.9 Å². The number of nitrogens with two attached hydrogens (primary N) is 1. The van der Waals surface area contributed by atoms with Gasteiger partial charge in [-0.2, -0.15) is 23.5 Å². The van der Waals surface area contributed by atoms with Crippen molar-refractivity contribution in [2.75, 3.05) is 5.32 Å². The molecule has 4 rings (SSSR count). The van der Waals surface area contributed by atoms with Crippen LogP contribution in [0.1, 0.15) is 43.7 Å². The summed E-state index contributed by atoms with van der Waals surface area (Å²) < 4.78 is 46.9. The smallest absolute Gasteiger partial charge is 0.366 e. The lowest BCUT2D eigenvalue weighted by Crippen LogP contribution is -2.19. The van der Waals surface area contributed by atoms with Crippen LogP contribution >= 0.6 is 0 Å². The predicted molar refractivity (Wildman–Crippen MR) is 111 cm³/mol. The van der Waals surface area contributed by atoms with E-state index in [0.29, 0.717) is 5.39 Å². The number of nitrogens with zero attached hydrogens (tertiary/aromatic N) is 5. The number of fused-ring (bicyclic) bond motifs is 1. The Morgan fingerprint density at radius 2 is 2.00 bits per heavy atom. The quantitative estimate of drug-likeness (QED) is 0.456. The normalized spacial score (nSPS) is 11.4. The third kappa shape index (κ3) is 4.16.